The Morgan fingerprint density at radius 1 is 1.12 bits per heavy atom. The summed E-state index contributed by atoms with van der Waals surface area (Å²) in [6.45, 7) is 3.41. The lowest BCUT2D eigenvalue weighted by atomic mass is 10.1. The van der Waals surface area contributed by atoms with Crippen molar-refractivity contribution >= 4 is 39.7 Å². The maximum absolute atomic E-state index is 6.25. The monoisotopic (exact) mass is 408 g/mol. The molecule has 1 N–H and O–H groups in total. The van der Waals surface area contributed by atoms with E-state index in [2.05, 4.69) is 10.3 Å². The van der Waals surface area contributed by atoms with E-state index in [0.29, 0.717) is 41.3 Å². The SMILES string of the molecule is CCOc1cccc(CNc2nccs2)c1OCc1ccc(Cl)cc1Cl. The van der Waals surface area contributed by atoms with Crippen LogP contribution in [-0.2, 0) is 13.2 Å². The summed E-state index contributed by atoms with van der Waals surface area (Å²) >= 11 is 13.8. The Morgan fingerprint density at radius 3 is 2.73 bits per heavy atom. The van der Waals surface area contributed by atoms with Crippen LogP contribution in [0.4, 0.5) is 5.13 Å². The Hall–Kier alpha value is -1.95. The van der Waals surface area contributed by atoms with E-state index in [0.717, 1.165) is 16.3 Å². The second-order valence-corrected chi connectivity index (χ2v) is 7.13. The molecule has 0 unspecified atom stereocenters. The highest BCUT2D eigenvalue weighted by Gasteiger charge is 2.13. The summed E-state index contributed by atoms with van der Waals surface area (Å²) in [4.78, 5) is 4.24. The van der Waals surface area contributed by atoms with Crippen molar-refractivity contribution in [3.05, 3.63) is 69.1 Å². The first-order chi connectivity index (χ1) is 12.7. The molecule has 0 radical (unpaired) electrons. The van der Waals surface area contributed by atoms with E-state index in [4.69, 9.17) is 32.7 Å². The number of benzene rings is 2. The van der Waals surface area contributed by atoms with E-state index >= 15 is 0 Å². The number of anilines is 1. The van der Waals surface area contributed by atoms with Crippen molar-refractivity contribution in [3.63, 3.8) is 0 Å². The number of hydrogen-bond acceptors (Lipinski definition) is 5. The Balaban J connectivity index is 1.80. The molecule has 0 saturated carbocycles. The van der Waals surface area contributed by atoms with Crippen LogP contribution >= 0.6 is 34.5 Å². The number of rotatable bonds is 8. The molecule has 136 valence electrons. The quantitative estimate of drug-likeness (QED) is 0.493. The summed E-state index contributed by atoms with van der Waals surface area (Å²) in [5.41, 5.74) is 1.84. The van der Waals surface area contributed by atoms with Gasteiger partial charge in [0.15, 0.2) is 16.6 Å². The Morgan fingerprint density at radius 2 is 2.00 bits per heavy atom. The average molecular weight is 409 g/mol. The molecule has 0 aliphatic carbocycles. The number of nitrogens with one attached hydrogen (secondary N) is 1. The van der Waals surface area contributed by atoms with Crippen molar-refractivity contribution in [1.82, 2.24) is 4.98 Å². The van der Waals surface area contributed by atoms with Gasteiger partial charge in [0.2, 0.25) is 0 Å². The normalized spacial score (nSPS) is 10.6. The summed E-state index contributed by atoms with van der Waals surface area (Å²) in [7, 11) is 0. The largest absolute Gasteiger partial charge is 0.490 e. The van der Waals surface area contributed by atoms with E-state index in [1.807, 2.05) is 36.6 Å². The van der Waals surface area contributed by atoms with Gasteiger partial charge in [-0.15, -0.1) is 11.3 Å². The Labute approximate surface area is 166 Å². The number of nitrogens with zero attached hydrogens (tertiary/aromatic N) is 1. The molecule has 4 nitrogen and oxygen atoms in total. The molecule has 1 heterocycles. The van der Waals surface area contributed by atoms with Crippen molar-refractivity contribution in [1.29, 1.82) is 0 Å². The molecule has 3 rings (SSSR count). The fourth-order valence-corrected chi connectivity index (χ4v) is 3.39. The molecule has 0 amide bonds. The third-order valence-corrected chi connectivity index (χ3v) is 4.93. The van der Waals surface area contributed by atoms with Crippen molar-refractivity contribution in [2.45, 2.75) is 20.1 Å². The van der Waals surface area contributed by atoms with Gasteiger partial charge in [-0.05, 0) is 25.1 Å². The van der Waals surface area contributed by atoms with Gasteiger partial charge in [-0.25, -0.2) is 4.98 Å². The van der Waals surface area contributed by atoms with Gasteiger partial charge in [0, 0.05) is 39.3 Å². The van der Waals surface area contributed by atoms with Crippen LogP contribution in [0.1, 0.15) is 18.1 Å². The van der Waals surface area contributed by atoms with Crippen molar-refractivity contribution < 1.29 is 9.47 Å². The van der Waals surface area contributed by atoms with E-state index in [1.54, 1.807) is 29.7 Å². The number of thiazole rings is 1. The van der Waals surface area contributed by atoms with Gasteiger partial charge >= 0.3 is 0 Å². The van der Waals surface area contributed by atoms with Crippen LogP contribution in [0.25, 0.3) is 0 Å². The van der Waals surface area contributed by atoms with Gasteiger partial charge in [0.05, 0.1) is 6.61 Å². The van der Waals surface area contributed by atoms with Gasteiger partial charge < -0.3 is 14.8 Å². The molecule has 3 aromatic rings. The standard InChI is InChI=1S/C19H18Cl2N2O2S/c1-2-24-17-5-3-4-13(11-23-19-22-8-9-26-19)18(17)25-12-14-6-7-15(20)10-16(14)21/h3-10H,2,11-12H2,1H3,(H,22,23). The molecular weight excluding hydrogens is 391 g/mol. The zero-order valence-corrected chi connectivity index (χ0v) is 16.5. The van der Waals surface area contributed by atoms with Gasteiger partial charge in [0.25, 0.3) is 0 Å². The van der Waals surface area contributed by atoms with Crippen LogP contribution in [0.2, 0.25) is 10.0 Å². The summed E-state index contributed by atoms with van der Waals surface area (Å²) in [6.07, 6.45) is 1.77. The molecule has 2 aromatic carbocycles. The molecule has 26 heavy (non-hydrogen) atoms. The lowest BCUT2D eigenvalue weighted by molar-refractivity contribution is 0.267. The van der Waals surface area contributed by atoms with Crippen molar-refractivity contribution in [3.8, 4) is 11.5 Å². The molecule has 0 atom stereocenters. The van der Waals surface area contributed by atoms with Gasteiger partial charge in [-0.1, -0.05) is 41.4 Å². The van der Waals surface area contributed by atoms with Crippen LogP contribution in [0.5, 0.6) is 11.5 Å². The number of halogens is 2. The second kappa shape index (κ2) is 9.12. The third kappa shape index (κ3) is 4.81. The van der Waals surface area contributed by atoms with Crippen LogP contribution < -0.4 is 14.8 Å². The minimum atomic E-state index is 0.324. The zero-order valence-electron chi connectivity index (χ0n) is 14.2. The van der Waals surface area contributed by atoms with Crippen molar-refractivity contribution in [2.24, 2.45) is 0 Å². The smallest absolute Gasteiger partial charge is 0.182 e. The van der Waals surface area contributed by atoms with E-state index < -0.39 is 0 Å². The number of ether oxygens (including phenoxy) is 2. The Kier molecular flexibility index (Phi) is 6.61. The maximum atomic E-state index is 6.25. The second-order valence-electron chi connectivity index (χ2n) is 5.39. The topological polar surface area (TPSA) is 43.4 Å². The predicted octanol–water partition coefficient (Wildman–Crippen LogP) is 6.04. The van der Waals surface area contributed by atoms with E-state index in [1.165, 1.54) is 0 Å². The Bertz CT molecular complexity index is 857. The van der Waals surface area contributed by atoms with Crippen LogP contribution in [0.15, 0.2) is 48.0 Å². The number of hydrogen-bond donors (Lipinski definition) is 1. The molecule has 0 fully saturated rings. The molecule has 0 aliphatic rings. The highest BCUT2D eigenvalue weighted by Crippen LogP contribution is 2.33. The lowest BCUT2D eigenvalue weighted by Gasteiger charge is -2.17. The summed E-state index contributed by atoms with van der Waals surface area (Å²) in [5.74, 6) is 1.40. The van der Waals surface area contributed by atoms with Gasteiger partial charge in [0.1, 0.15) is 6.61 Å². The lowest BCUT2D eigenvalue weighted by Crippen LogP contribution is -2.06. The predicted molar refractivity (Wildman–Crippen MR) is 108 cm³/mol. The maximum Gasteiger partial charge on any atom is 0.182 e. The minimum absolute atomic E-state index is 0.324. The van der Waals surface area contributed by atoms with Gasteiger partial charge in [-0.3, -0.25) is 0 Å². The summed E-state index contributed by atoms with van der Waals surface area (Å²) < 4.78 is 11.8. The number of aromatic nitrogens is 1. The first kappa shape index (κ1) is 18.8. The van der Waals surface area contributed by atoms with E-state index in [-0.39, 0.29) is 0 Å². The molecule has 0 saturated heterocycles. The highest BCUT2D eigenvalue weighted by molar-refractivity contribution is 7.13. The molecular formula is C19H18Cl2N2O2S. The molecule has 0 spiro atoms. The molecule has 0 aliphatic heterocycles. The van der Waals surface area contributed by atoms with Gasteiger partial charge in [-0.2, -0.15) is 0 Å². The van der Waals surface area contributed by atoms with Crippen molar-refractivity contribution in [2.75, 3.05) is 11.9 Å². The first-order valence-electron chi connectivity index (χ1n) is 8.12. The summed E-state index contributed by atoms with van der Waals surface area (Å²) in [6, 6.07) is 11.2. The van der Waals surface area contributed by atoms with E-state index in [9.17, 15) is 0 Å². The first-order valence-corrected chi connectivity index (χ1v) is 9.75. The average Bonchev–Trinajstić information content (AvgIpc) is 3.14. The zero-order chi connectivity index (χ0) is 18.4. The summed E-state index contributed by atoms with van der Waals surface area (Å²) in [5, 5.41) is 7.26. The fraction of sp³-hybridized carbons (Fsp3) is 0.211. The fourth-order valence-electron chi connectivity index (χ4n) is 2.40. The highest BCUT2D eigenvalue weighted by atomic mass is 35.5. The third-order valence-electron chi connectivity index (χ3n) is 3.61. The van der Waals surface area contributed by atoms with Crippen LogP contribution in [0.3, 0.4) is 0 Å². The van der Waals surface area contributed by atoms with Crippen LogP contribution in [0, 0.1) is 0 Å². The van der Waals surface area contributed by atoms with Crippen LogP contribution in [-0.4, -0.2) is 11.6 Å². The minimum Gasteiger partial charge on any atom is -0.490 e. The molecule has 0 bridgehead atoms. The number of para-hydroxylation sites is 1. The molecule has 7 heteroatoms. The molecule has 1 aromatic heterocycles.